The van der Waals surface area contributed by atoms with Gasteiger partial charge in [0.2, 0.25) is 0 Å². The molecule has 3 heterocycles. The van der Waals surface area contributed by atoms with Crippen molar-refractivity contribution >= 4 is 22.8 Å². The average molecular weight is 447 g/mol. The normalized spacial score (nSPS) is 16.0. The van der Waals surface area contributed by atoms with E-state index < -0.39 is 0 Å². The summed E-state index contributed by atoms with van der Waals surface area (Å²) in [6, 6.07) is 15.2. The number of piperidine rings is 1. The maximum Gasteiger partial charge on any atom is 0.309 e. The monoisotopic (exact) mass is 446 g/mol. The quantitative estimate of drug-likeness (QED) is 0.562. The molecule has 170 valence electrons. The third-order valence-electron chi connectivity index (χ3n) is 6.19. The summed E-state index contributed by atoms with van der Waals surface area (Å²) >= 11 is 0. The second kappa shape index (κ2) is 9.10. The summed E-state index contributed by atoms with van der Waals surface area (Å²) in [6.45, 7) is 4.28. The first-order valence-corrected chi connectivity index (χ1v) is 11.4. The highest BCUT2D eigenvalue weighted by Crippen LogP contribution is 2.35. The van der Waals surface area contributed by atoms with Gasteiger partial charge in [-0.05, 0) is 50.1 Å². The molecule has 0 spiro atoms. The van der Waals surface area contributed by atoms with Crippen LogP contribution in [0.1, 0.15) is 30.1 Å². The largest absolute Gasteiger partial charge is 0.486 e. The molecule has 0 unspecified atom stereocenters. The molecule has 0 aliphatic carbocycles. The van der Waals surface area contributed by atoms with Gasteiger partial charge >= 0.3 is 5.97 Å². The first-order chi connectivity index (χ1) is 16.1. The fraction of sp³-hybridized carbons (Fsp3) is 0.346. The molecule has 33 heavy (non-hydrogen) atoms. The van der Waals surface area contributed by atoms with Crippen molar-refractivity contribution in [2.75, 3.05) is 32.9 Å². The van der Waals surface area contributed by atoms with Crippen LogP contribution in [-0.2, 0) is 9.53 Å². The van der Waals surface area contributed by atoms with Crippen molar-refractivity contribution in [2.24, 2.45) is 5.92 Å². The summed E-state index contributed by atoms with van der Waals surface area (Å²) in [5.41, 5.74) is 2.94. The third kappa shape index (κ3) is 4.23. The molecule has 0 N–H and O–H groups in total. The Kier molecular flexibility index (Phi) is 5.86. The summed E-state index contributed by atoms with van der Waals surface area (Å²) in [5, 5.41) is 0.816. The highest BCUT2D eigenvalue weighted by molar-refractivity contribution is 6.07. The minimum absolute atomic E-state index is 0.0466. The van der Waals surface area contributed by atoms with Gasteiger partial charge in [0.05, 0.1) is 29.3 Å². The number of benzene rings is 2. The molecule has 0 bridgehead atoms. The lowest BCUT2D eigenvalue weighted by atomic mass is 9.95. The summed E-state index contributed by atoms with van der Waals surface area (Å²) in [6.07, 6.45) is 1.23. The van der Waals surface area contributed by atoms with Gasteiger partial charge in [0, 0.05) is 24.0 Å². The lowest BCUT2D eigenvalue weighted by Gasteiger charge is -2.31. The molecule has 1 amide bonds. The van der Waals surface area contributed by atoms with Crippen LogP contribution in [0.3, 0.4) is 0 Å². The molecule has 5 rings (SSSR count). The van der Waals surface area contributed by atoms with Crippen LogP contribution in [0, 0.1) is 5.92 Å². The van der Waals surface area contributed by atoms with E-state index in [1.807, 2.05) is 60.4 Å². The zero-order valence-electron chi connectivity index (χ0n) is 18.6. The predicted octanol–water partition coefficient (Wildman–Crippen LogP) is 4.09. The standard InChI is InChI=1S/C26H26N2O5/c1-2-31-26(30)17-9-11-28(12-10-17)25(29)20-16-22(27-21-6-4-3-5-19(20)21)18-7-8-23-24(15-18)33-14-13-32-23/h3-8,15-17H,2,9-14H2,1H3. The first-order valence-electron chi connectivity index (χ1n) is 11.4. The predicted molar refractivity (Wildman–Crippen MR) is 123 cm³/mol. The number of ether oxygens (including phenoxy) is 3. The summed E-state index contributed by atoms with van der Waals surface area (Å²) in [4.78, 5) is 32.3. The fourth-order valence-corrected chi connectivity index (χ4v) is 4.45. The third-order valence-corrected chi connectivity index (χ3v) is 6.19. The van der Waals surface area contributed by atoms with Crippen LogP contribution in [-0.4, -0.2) is 54.7 Å². The van der Waals surface area contributed by atoms with Crippen LogP contribution in [0.2, 0.25) is 0 Å². The Morgan fingerprint density at radius 1 is 1.03 bits per heavy atom. The Morgan fingerprint density at radius 2 is 1.79 bits per heavy atom. The molecule has 2 aromatic carbocycles. The van der Waals surface area contributed by atoms with E-state index in [1.165, 1.54) is 0 Å². The molecular weight excluding hydrogens is 420 g/mol. The maximum absolute atomic E-state index is 13.6. The van der Waals surface area contributed by atoms with E-state index in [1.54, 1.807) is 0 Å². The van der Waals surface area contributed by atoms with Gasteiger partial charge in [-0.2, -0.15) is 0 Å². The Morgan fingerprint density at radius 3 is 2.58 bits per heavy atom. The Hall–Kier alpha value is -3.61. The highest BCUT2D eigenvalue weighted by atomic mass is 16.6. The van der Waals surface area contributed by atoms with Crippen LogP contribution >= 0.6 is 0 Å². The van der Waals surface area contributed by atoms with E-state index in [0.717, 1.165) is 16.5 Å². The fourth-order valence-electron chi connectivity index (χ4n) is 4.45. The van der Waals surface area contributed by atoms with Gasteiger partial charge in [-0.15, -0.1) is 0 Å². The van der Waals surface area contributed by atoms with Gasteiger partial charge in [-0.25, -0.2) is 4.98 Å². The summed E-state index contributed by atoms with van der Waals surface area (Å²) in [5.74, 6) is 1.04. The van der Waals surface area contributed by atoms with E-state index in [-0.39, 0.29) is 17.8 Å². The van der Waals surface area contributed by atoms with E-state index in [2.05, 4.69) is 0 Å². The average Bonchev–Trinajstić information content (AvgIpc) is 2.87. The van der Waals surface area contributed by atoms with Gasteiger partial charge in [-0.1, -0.05) is 18.2 Å². The number of para-hydroxylation sites is 1. The van der Waals surface area contributed by atoms with Crippen LogP contribution in [0.25, 0.3) is 22.2 Å². The van der Waals surface area contributed by atoms with Crippen molar-refractivity contribution < 1.29 is 23.8 Å². The summed E-state index contributed by atoms with van der Waals surface area (Å²) in [7, 11) is 0. The number of carbonyl (C=O) groups is 2. The lowest BCUT2D eigenvalue weighted by Crippen LogP contribution is -2.40. The number of esters is 1. The number of hydrogen-bond donors (Lipinski definition) is 0. The number of fused-ring (bicyclic) bond motifs is 2. The van der Waals surface area contributed by atoms with Gasteiger partial charge in [0.25, 0.3) is 5.91 Å². The molecule has 2 aliphatic heterocycles. The van der Waals surface area contributed by atoms with Crippen molar-refractivity contribution in [3.63, 3.8) is 0 Å². The highest BCUT2D eigenvalue weighted by Gasteiger charge is 2.29. The minimum Gasteiger partial charge on any atom is -0.486 e. The van der Waals surface area contributed by atoms with Crippen LogP contribution in [0.15, 0.2) is 48.5 Å². The van der Waals surface area contributed by atoms with E-state index in [4.69, 9.17) is 19.2 Å². The van der Waals surface area contributed by atoms with Crippen molar-refractivity contribution in [3.8, 4) is 22.8 Å². The number of rotatable bonds is 4. The topological polar surface area (TPSA) is 78.0 Å². The van der Waals surface area contributed by atoms with Crippen LogP contribution in [0.4, 0.5) is 0 Å². The molecule has 7 nitrogen and oxygen atoms in total. The molecule has 0 saturated carbocycles. The Bertz CT molecular complexity index is 1200. The molecule has 7 heteroatoms. The number of amides is 1. The molecule has 3 aromatic rings. The number of carbonyl (C=O) groups excluding carboxylic acids is 2. The van der Waals surface area contributed by atoms with Crippen molar-refractivity contribution in [3.05, 3.63) is 54.1 Å². The minimum atomic E-state index is -0.167. The number of nitrogens with zero attached hydrogens (tertiary/aromatic N) is 2. The Labute approximate surface area is 192 Å². The van der Waals surface area contributed by atoms with Crippen molar-refractivity contribution in [1.29, 1.82) is 0 Å². The second-order valence-corrected chi connectivity index (χ2v) is 8.25. The van der Waals surface area contributed by atoms with Gasteiger partial charge < -0.3 is 19.1 Å². The lowest BCUT2D eigenvalue weighted by molar-refractivity contribution is -0.149. The van der Waals surface area contributed by atoms with E-state index >= 15 is 0 Å². The zero-order chi connectivity index (χ0) is 22.8. The smallest absolute Gasteiger partial charge is 0.309 e. The van der Waals surface area contributed by atoms with Crippen LogP contribution in [0.5, 0.6) is 11.5 Å². The number of hydrogen-bond acceptors (Lipinski definition) is 6. The molecule has 1 saturated heterocycles. The van der Waals surface area contributed by atoms with Crippen molar-refractivity contribution in [2.45, 2.75) is 19.8 Å². The molecule has 1 aromatic heterocycles. The van der Waals surface area contributed by atoms with Gasteiger partial charge in [-0.3, -0.25) is 9.59 Å². The second-order valence-electron chi connectivity index (χ2n) is 8.25. The van der Waals surface area contributed by atoms with E-state index in [9.17, 15) is 9.59 Å². The number of likely N-dealkylation sites (tertiary alicyclic amines) is 1. The number of pyridine rings is 1. The SMILES string of the molecule is CCOC(=O)C1CCN(C(=O)c2cc(-c3ccc4c(c3)OCCO4)nc3ccccc23)CC1. The maximum atomic E-state index is 13.6. The molecule has 2 aliphatic rings. The van der Waals surface area contributed by atoms with Crippen molar-refractivity contribution in [1.82, 2.24) is 9.88 Å². The molecule has 0 radical (unpaired) electrons. The summed E-state index contributed by atoms with van der Waals surface area (Å²) < 4.78 is 16.5. The zero-order valence-corrected chi connectivity index (χ0v) is 18.6. The molecule has 1 fully saturated rings. The molecular formula is C26H26N2O5. The van der Waals surface area contributed by atoms with Gasteiger partial charge in [0.15, 0.2) is 11.5 Å². The van der Waals surface area contributed by atoms with Gasteiger partial charge in [0.1, 0.15) is 13.2 Å². The molecule has 0 atom stereocenters. The number of aromatic nitrogens is 1. The Balaban J connectivity index is 1.46. The first kappa shape index (κ1) is 21.2. The van der Waals surface area contributed by atoms with E-state index in [0.29, 0.717) is 68.5 Å². The van der Waals surface area contributed by atoms with Crippen LogP contribution < -0.4 is 9.47 Å².